The van der Waals surface area contributed by atoms with Crippen LogP contribution in [0.3, 0.4) is 0 Å². The summed E-state index contributed by atoms with van der Waals surface area (Å²) in [6, 6.07) is 1.32. The van der Waals surface area contributed by atoms with E-state index in [0.717, 1.165) is 6.42 Å². The molecule has 1 aromatic rings. The number of hydrogen-bond donors (Lipinski definition) is 1. The fourth-order valence-electron chi connectivity index (χ4n) is 1.41. The lowest BCUT2D eigenvalue weighted by atomic mass is 10.3. The summed E-state index contributed by atoms with van der Waals surface area (Å²) in [6.07, 6.45) is 2.14. The van der Waals surface area contributed by atoms with Gasteiger partial charge in [-0.25, -0.2) is 4.98 Å². The van der Waals surface area contributed by atoms with Gasteiger partial charge in [0.05, 0.1) is 0 Å². The predicted octanol–water partition coefficient (Wildman–Crippen LogP) is 1.23. The summed E-state index contributed by atoms with van der Waals surface area (Å²) in [5.74, 6) is 0.699. The summed E-state index contributed by atoms with van der Waals surface area (Å²) >= 11 is 5.70. The molecule has 0 aromatic carbocycles. The standard InChI is InChI=1S/C10H15ClN2O2/c1-2-9-12-8(11)7-10(15)13(9)5-3-4-6-14/h7,14H,2-6H2,1H3. The molecule has 0 aliphatic carbocycles. The number of unbranched alkanes of at least 4 members (excludes halogenated alkanes) is 1. The van der Waals surface area contributed by atoms with Crippen LogP contribution >= 0.6 is 11.6 Å². The zero-order valence-corrected chi connectivity index (χ0v) is 9.50. The van der Waals surface area contributed by atoms with Gasteiger partial charge in [-0.1, -0.05) is 18.5 Å². The summed E-state index contributed by atoms with van der Waals surface area (Å²) in [7, 11) is 0. The molecular weight excluding hydrogens is 216 g/mol. The van der Waals surface area contributed by atoms with Crippen molar-refractivity contribution in [2.24, 2.45) is 0 Å². The van der Waals surface area contributed by atoms with E-state index in [1.54, 1.807) is 4.57 Å². The third-order valence-electron chi connectivity index (χ3n) is 2.16. The van der Waals surface area contributed by atoms with Gasteiger partial charge in [0.2, 0.25) is 0 Å². The lowest BCUT2D eigenvalue weighted by molar-refractivity contribution is 0.280. The molecular formula is C10H15ClN2O2. The first-order valence-corrected chi connectivity index (χ1v) is 5.44. The van der Waals surface area contributed by atoms with E-state index >= 15 is 0 Å². The van der Waals surface area contributed by atoms with Gasteiger partial charge in [0.1, 0.15) is 11.0 Å². The largest absolute Gasteiger partial charge is 0.396 e. The Bertz CT molecular complexity index is 376. The first kappa shape index (κ1) is 12.2. The van der Waals surface area contributed by atoms with Gasteiger partial charge in [-0.15, -0.1) is 0 Å². The Hall–Kier alpha value is -0.870. The van der Waals surface area contributed by atoms with Crippen LogP contribution in [0.2, 0.25) is 5.15 Å². The number of hydrogen-bond acceptors (Lipinski definition) is 3. The molecule has 1 N–H and O–H groups in total. The number of aliphatic hydroxyl groups is 1. The molecule has 0 unspecified atom stereocenters. The van der Waals surface area contributed by atoms with Crippen LogP contribution in [-0.2, 0) is 13.0 Å². The summed E-state index contributed by atoms with van der Waals surface area (Å²) in [5.41, 5.74) is -0.121. The highest BCUT2D eigenvalue weighted by Gasteiger charge is 2.05. The topological polar surface area (TPSA) is 55.1 Å². The molecule has 0 aliphatic heterocycles. The van der Waals surface area contributed by atoms with Crippen LogP contribution in [0, 0.1) is 0 Å². The van der Waals surface area contributed by atoms with Crippen LogP contribution in [-0.4, -0.2) is 21.3 Å². The quantitative estimate of drug-likeness (QED) is 0.612. The maximum Gasteiger partial charge on any atom is 0.254 e. The molecule has 0 fully saturated rings. The molecule has 0 amide bonds. The van der Waals surface area contributed by atoms with Crippen molar-refractivity contribution in [2.45, 2.75) is 32.7 Å². The minimum atomic E-state index is -0.121. The monoisotopic (exact) mass is 230 g/mol. The van der Waals surface area contributed by atoms with E-state index in [2.05, 4.69) is 4.98 Å². The van der Waals surface area contributed by atoms with E-state index < -0.39 is 0 Å². The fourth-order valence-corrected chi connectivity index (χ4v) is 1.60. The highest BCUT2D eigenvalue weighted by molar-refractivity contribution is 6.29. The Morgan fingerprint density at radius 2 is 2.27 bits per heavy atom. The number of aryl methyl sites for hydroxylation is 1. The first-order valence-electron chi connectivity index (χ1n) is 5.06. The lowest BCUT2D eigenvalue weighted by Gasteiger charge is -2.09. The molecule has 1 heterocycles. The Morgan fingerprint density at radius 3 is 2.87 bits per heavy atom. The minimum absolute atomic E-state index is 0.121. The second kappa shape index (κ2) is 5.88. The van der Waals surface area contributed by atoms with E-state index in [1.807, 2.05) is 6.92 Å². The Labute approximate surface area is 93.5 Å². The number of rotatable bonds is 5. The van der Waals surface area contributed by atoms with Crippen LogP contribution in [0.4, 0.5) is 0 Å². The van der Waals surface area contributed by atoms with Crippen molar-refractivity contribution in [2.75, 3.05) is 6.61 Å². The maximum absolute atomic E-state index is 11.6. The van der Waals surface area contributed by atoms with Gasteiger partial charge in [-0.05, 0) is 12.8 Å². The molecule has 0 saturated heterocycles. The Morgan fingerprint density at radius 1 is 1.53 bits per heavy atom. The molecule has 0 atom stereocenters. The molecule has 0 radical (unpaired) electrons. The minimum Gasteiger partial charge on any atom is -0.396 e. The molecule has 84 valence electrons. The Kier molecular flexibility index (Phi) is 4.78. The number of nitrogens with zero attached hydrogens (tertiary/aromatic N) is 2. The maximum atomic E-state index is 11.6. The summed E-state index contributed by atoms with van der Waals surface area (Å²) in [4.78, 5) is 15.7. The van der Waals surface area contributed by atoms with Crippen molar-refractivity contribution in [3.63, 3.8) is 0 Å². The molecule has 5 heteroatoms. The van der Waals surface area contributed by atoms with E-state index in [9.17, 15) is 4.79 Å². The molecule has 0 aliphatic rings. The highest BCUT2D eigenvalue weighted by Crippen LogP contribution is 2.04. The van der Waals surface area contributed by atoms with Gasteiger partial charge in [0.25, 0.3) is 5.56 Å². The fraction of sp³-hybridized carbons (Fsp3) is 0.600. The zero-order chi connectivity index (χ0) is 11.3. The Balaban J connectivity index is 2.89. The van der Waals surface area contributed by atoms with Gasteiger partial charge in [0, 0.05) is 25.6 Å². The van der Waals surface area contributed by atoms with Crippen molar-refractivity contribution in [1.82, 2.24) is 9.55 Å². The first-order chi connectivity index (χ1) is 7.19. The SMILES string of the molecule is CCc1nc(Cl)cc(=O)n1CCCCO. The van der Waals surface area contributed by atoms with Crippen LogP contribution < -0.4 is 5.56 Å². The molecule has 15 heavy (non-hydrogen) atoms. The van der Waals surface area contributed by atoms with Crippen molar-refractivity contribution >= 4 is 11.6 Å². The van der Waals surface area contributed by atoms with Crippen LogP contribution in [0.1, 0.15) is 25.6 Å². The van der Waals surface area contributed by atoms with Crippen LogP contribution in [0.15, 0.2) is 10.9 Å². The molecule has 0 bridgehead atoms. The van der Waals surface area contributed by atoms with Crippen LogP contribution in [0.5, 0.6) is 0 Å². The second-order valence-corrected chi connectivity index (χ2v) is 3.66. The molecule has 4 nitrogen and oxygen atoms in total. The normalized spacial score (nSPS) is 10.6. The zero-order valence-electron chi connectivity index (χ0n) is 8.74. The smallest absolute Gasteiger partial charge is 0.254 e. The van der Waals surface area contributed by atoms with E-state index in [-0.39, 0.29) is 17.3 Å². The van der Waals surface area contributed by atoms with E-state index in [4.69, 9.17) is 16.7 Å². The molecule has 0 saturated carbocycles. The number of halogens is 1. The van der Waals surface area contributed by atoms with Crippen LogP contribution in [0.25, 0.3) is 0 Å². The van der Waals surface area contributed by atoms with E-state index in [0.29, 0.717) is 25.2 Å². The summed E-state index contributed by atoms with van der Waals surface area (Å²) in [5, 5.41) is 8.91. The summed E-state index contributed by atoms with van der Waals surface area (Å²) in [6.45, 7) is 2.67. The summed E-state index contributed by atoms with van der Waals surface area (Å²) < 4.78 is 1.61. The lowest BCUT2D eigenvalue weighted by Crippen LogP contribution is -2.24. The van der Waals surface area contributed by atoms with Gasteiger partial charge in [-0.2, -0.15) is 0 Å². The molecule has 1 aromatic heterocycles. The van der Waals surface area contributed by atoms with Gasteiger partial charge in [-0.3, -0.25) is 9.36 Å². The van der Waals surface area contributed by atoms with Crippen molar-refractivity contribution in [3.05, 3.63) is 27.4 Å². The predicted molar refractivity (Wildman–Crippen MR) is 59.2 cm³/mol. The average Bonchev–Trinajstić information content (AvgIpc) is 2.20. The third-order valence-corrected chi connectivity index (χ3v) is 2.36. The van der Waals surface area contributed by atoms with Gasteiger partial charge >= 0.3 is 0 Å². The highest BCUT2D eigenvalue weighted by atomic mass is 35.5. The third kappa shape index (κ3) is 3.32. The number of aliphatic hydroxyl groups excluding tert-OH is 1. The molecule has 0 spiro atoms. The van der Waals surface area contributed by atoms with E-state index in [1.165, 1.54) is 6.07 Å². The number of aromatic nitrogens is 2. The van der Waals surface area contributed by atoms with Crippen molar-refractivity contribution in [3.8, 4) is 0 Å². The van der Waals surface area contributed by atoms with Gasteiger partial charge < -0.3 is 5.11 Å². The average molecular weight is 231 g/mol. The molecule has 1 rings (SSSR count). The second-order valence-electron chi connectivity index (χ2n) is 3.27. The van der Waals surface area contributed by atoms with Crippen molar-refractivity contribution < 1.29 is 5.11 Å². The van der Waals surface area contributed by atoms with Gasteiger partial charge in [0.15, 0.2) is 0 Å². The van der Waals surface area contributed by atoms with Crippen molar-refractivity contribution in [1.29, 1.82) is 0 Å².